The van der Waals surface area contributed by atoms with Gasteiger partial charge in [0.15, 0.2) is 0 Å². The van der Waals surface area contributed by atoms with Gasteiger partial charge in [-0.2, -0.15) is 0 Å². The molecule has 0 aliphatic rings. The van der Waals surface area contributed by atoms with Crippen molar-refractivity contribution in [2.24, 2.45) is 5.73 Å². The van der Waals surface area contributed by atoms with Crippen molar-refractivity contribution in [1.82, 2.24) is 4.98 Å². The van der Waals surface area contributed by atoms with Crippen LogP contribution < -0.4 is 5.73 Å². The predicted molar refractivity (Wildman–Crippen MR) is 48.8 cm³/mol. The highest BCUT2D eigenvalue weighted by atomic mass is 32.1. The molecule has 0 amide bonds. The molecule has 11 heavy (non-hydrogen) atoms. The monoisotopic (exact) mass is 170 g/mol. The summed E-state index contributed by atoms with van der Waals surface area (Å²) in [6.07, 6.45) is 0.920. The first-order valence-electron chi connectivity index (χ1n) is 3.67. The maximum atomic E-state index is 5.87. The van der Waals surface area contributed by atoms with Crippen LogP contribution in [0.25, 0.3) is 0 Å². The minimum Gasteiger partial charge on any atom is -0.325 e. The molecule has 0 saturated carbocycles. The highest BCUT2D eigenvalue weighted by Gasteiger charge is 2.14. The number of rotatable bonds is 2. The van der Waals surface area contributed by atoms with Crippen molar-refractivity contribution in [2.75, 3.05) is 0 Å². The first-order valence-corrected chi connectivity index (χ1v) is 4.55. The Hall–Kier alpha value is -0.410. The molecule has 0 unspecified atom stereocenters. The van der Waals surface area contributed by atoms with Gasteiger partial charge >= 0.3 is 0 Å². The highest BCUT2D eigenvalue weighted by Crippen LogP contribution is 2.17. The van der Waals surface area contributed by atoms with Gasteiger partial charge in [-0.05, 0) is 20.8 Å². The second kappa shape index (κ2) is 2.91. The van der Waals surface area contributed by atoms with E-state index in [0.717, 1.165) is 12.1 Å². The molecule has 0 bridgehead atoms. The average Bonchev–Trinajstić information content (AvgIpc) is 2.12. The molecule has 1 rings (SSSR count). The lowest BCUT2D eigenvalue weighted by atomic mass is 10.0. The summed E-state index contributed by atoms with van der Waals surface area (Å²) in [4.78, 5) is 5.47. The number of nitrogens with two attached hydrogens (primary N) is 1. The molecule has 1 heterocycles. The maximum Gasteiger partial charge on any atom is 0.0797 e. The summed E-state index contributed by atoms with van der Waals surface area (Å²) >= 11 is 1.69. The fraction of sp³-hybridized carbons (Fsp3) is 0.625. The molecular formula is C8H14N2S. The van der Waals surface area contributed by atoms with Gasteiger partial charge in [0.1, 0.15) is 0 Å². The Morgan fingerprint density at radius 2 is 2.27 bits per heavy atom. The maximum absolute atomic E-state index is 5.87. The van der Waals surface area contributed by atoms with Gasteiger partial charge < -0.3 is 5.73 Å². The molecule has 0 aliphatic heterocycles. The van der Waals surface area contributed by atoms with E-state index in [1.165, 1.54) is 4.88 Å². The van der Waals surface area contributed by atoms with Gasteiger partial charge in [0.25, 0.3) is 0 Å². The van der Waals surface area contributed by atoms with Crippen molar-refractivity contribution in [3.63, 3.8) is 0 Å². The van der Waals surface area contributed by atoms with E-state index in [-0.39, 0.29) is 5.54 Å². The van der Waals surface area contributed by atoms with Crippen LogP contribution in [0.15, 0.2) is 5.51 Å². The normalized spacial score (nSPS) is 12.0. The van der Waals surface area contributed by atoms with Crippen LogP contribution in [0.3, 0.4) is 0 Å². The van der Waals surface area contributed by atoms with Crippen LogP contribution in [0.1, 0.15) is 24.4 Å². The van der Waals surface area contributed by atoms with Crippen molar-refractivity contribution in [3.05, 3.63) is 16.1 Å². The van der Waals surface area contributed by atoms with Crippen LogP contribution in [0.5, 0.6) is 0 Å². The zero-order valence-electron chi connectivity index (χ0n) is 7.22. The van der Waals surface area contributed by atoms with E-state index in [1.54, 1.807) is 11.3 Å². The molecule has 2 nitrogen and oxygen atoms in total. The minimum atomic E-state index is -0.114. The SMILES string of the molecule is Cc1ncsc1CC(C)(C)N. The van der Waals surface area contributed by atoms with E-state index < -0.39 is 0 Å². The highest BCUT2D eigenvalue weighted by molar-refractivity contribution is 7.09. The third-order valence-electron chi connectivity index (χ3n) is 1.46. The lowest BCUT2D eigenvalue weighted by Gasteiger charge is -2.16. The van der Waals surface area contributed by atoms with Gasteiger partial charge in [-0.25, -0.2) is 4.98 Å². The molecule has 0 aliphatic carbocycles. The molecule has 62 valence electrons. The molecular weight excluding hydrogens is 156 g/mol. The van der Waals surface area contributed by atoms with E-state index in [0.29, 0.717) is 0 Å². The summed E-state index contributed by atoms with van der Waals surface area (Å²) in [7, 11) is 0. The number of thiazole rings is 1. The molecule has 3 heteroatoms. The van der Waals surface area contributed by atoms with Gasteiger partial charge in [0.2, 0.25) is 0 Å². The molecule has 1 aromatic rings. The standard InChI is InChI=1S/C8H14N2S/c1-6-7(11-5-10-6)4-8(2,3)9/h5H,4,9H2,1-3H3. The molecule has 0 atom stereocenters. The third-order valence-corrected chi connectivity index (χ3v) is 2.40. The number of hydrogen-bond acceptors (Lipinski definition) is 3. The molecule has 1 aromatic heterocycles. The largest absolute Gasteiger partial charge is 0.325 e. The molecule has 0 fully saturated rings. The second-order valence-electron chi connectivity index (χ2n) is 3.53. The van der Waals surface area contributed by atoms with Gasteiger partial charge in [-0.3, -0.25) is 0 Å². The van der Waals surface area contributed by atoms with E-state index >= 15 is 0 Å². The van der Waals surface area contributed by atoms with E-state index in [9.17, 15) is 0 Å². The van der Waals surface area contributed by atoms with Crippen molar-refractivity contribution in [3.8, 4) is 0 Å². The number of aryl methyl sites for hydroxylation is 1. The number of nitrogens with zero attached hydrogens (tertiary/aromatic N) is 1. The van der Waals surface area contributed by atoms with E-state index in [2.05, 4.69) is 4.98 Å². The Balaban J connectivity index is 2.72. The summed E-state index contributed by atoms with van der Waals surface area (Å²) < 4.78 is 0. The Morgan fingerprint density at radius 3 is 2.64 bits per heavy atom. The van der Waals surface area contributed by atoms with Crippen LogP contribution in [-0.2, 0) is 6.42 Å². The number of hydrogen-bond donors (Lipinski definition) is 1. The zero-order chi connectivity index (χ0) is 8.48. The van der Waals surface area contributed by atoms with Crippen molar-refractivity contribution < 1.29 is 0 Å². The fourth-order valence-electron chi connectivity index (χ4n) is 0.910. The topological polar surface area (TPSA) is 38.9 Å². The summed E-state index contributed by atoms with van der Waals surface area (Å²) in [6, 6.07) is 0. The van der Waals surface area contributed by atoms with E-state index in [1.807, 2.05) is 26.3 Å². The first-order chi connectivity index (χ1) is 4.99. The Kier molecular flexibility index (Phi) is 2.30. The van der Waals surface area contributed by atoms with Crippen molar-refractivity contribution >= 4 is 11.3 Å². The molecule has 0 saturated heterocycles. The molecule has 0 aromatic carbocycles. The molecule has 0 radical (unpaired) electrons. The number of aromatic nitrogens is 1. The van der Waals surface area contributed by atoms with Crippen molar-refractivity contribution in [1.29, 1.82) is 0 Å². The van der Waals surface area contributed by atoms with Gasteiger partial charge in [0, 0.05) is 16.8 Å². The Morgan fingerprint density at radius 1 is 1.64 bits per heavy atom. The van der Waals surface area contributed by atoms with Crippen LogP contribution >= 0.6 is 11.3 Å². The van der Waals surface area contributed by atoms with Gasteiger partial charge in [0.05, 0.1) is 11.2 Å². The fourth-order valence-corrected chi connectivity index (χ4v) is 1.93. The van der Waals surface area contributed by atoms with E-state index in [4.69, 9.17) is 5.73 Å². The van der Waals surface area contributed by atoms with Crippen LogP contribution in [0.4, 0.5) is 0 Å². The lowest BCUT2D eigenvalue weighted by Crippen LogP contribution is -2.34. The van der Waals surface area contributed by atoms with Crippen LogP contribution in [0, 0.1) is 6.92 Å². The summed E-state index contributed by atoms with van der Waals surface area (Å²) in [5, 5.41) is 0. The first kappa shape index (κ1) is 8.68. The quantitative estimate of drug-likeness (QED) is 0.734. The predicted octanol–water partition coefficient (Wildman–Crippen LogP) is 1.73. The summed E-state index contributed by atoms with van der Waals surface area (Å²) in [5.74, 6) is 0. The Bertz CT molecular complexity index is 234. The zero-order valence-corrected chi connectivity index (χ0v) is 8.03. The van der Waals surface area contributed by atoms with Crippen molar-refractivity contribution in [2.45, 2.75) is 32.7 Å². The lowest BCUT2D eigenvalue weighted by molar-refractivity contribution is 0.519. The minimum absolute atomic E-state index is 0.114. The Labute approximate surface area is 71.5 Å². The van der Waals surface area contributed by atoms with Crippen LogP contribution in [0.2, 0.25) is 0 Å². The van der Waals surface area contributed by atoms with Gasteiger partial charge in [-0.1, -0.05) is 0 Å². The third kappa shape index (κ3) is 2.60. The molecule has 2 N–H and O–H groups in total. The second-order valence-corrected chi connectivity index (χ2v) is 4.47. The van der Waals surface area contributed by atoms with Gasteiger partial charge in [-0.15, -0.1) is 11.3 Å². The average molecular weight is 170 g/mol. The van der Waals surface area contributed by atoms with Crippen LogP contribution in [-0.4, -0.2) is 10.5 Å². The molecule has 0 spiro atoms. The summed E-state index contributed by atoms with van der Waals surface area (Å²) in [6.45, 7) is 6.09. The summed E-state index contributed by atoms with van der Waals surface area (Å²) in [5.41, 5.74) is 8.75. The smallest absolute Gasteiger partial charge is 0.0797 e.